The normalized spacial score (nSPS) is 26.3. The van der Waals surface area contributed by atoms with Crippen molar-refractivity contribution in [1.82, 2.24) is 9.80 Å². The van der Waals surface area contributed by atoms with E-state index in [0.717, 1.165) is 9.80 Å². The highest BCUT2D eigenvalue weighted by atomic mass is 16.2. The summed E-state index contributed by atoms with van der Waals surface area (Å²) in [7, 11) is 2.88. The lowest BCUT2D eigenvalue weighted by Gasteiger charge is -2.03. The number of nitrogens with two attached hydrogens (primary N) is 2. The highest BCUT2D eigenvalue weighted by molar-refractivity contribution is 6.05. The molecule has 0 aliphatic carbocycles. The molecule has 4 amide bonds. The molecule has 2 atom stereocenters. The van der Waals surface area contributed by atoms with Crippen LogP contribution in [0.25, 0.3) is 0 Å². The molecule has 0 bridgehead atoms. The molecule has 2 aliphatic rings. The van der Waals surface area contributed by atoms with Crippen LogP contribution in [0.1, 0.15) is 20.3 Å². The van der Waals surface area contributed by atoms with Crippen molar-refractivity contribution in [2.24, 2.45) is 11.5 Å². The number of nitrogens with zero attached hydrogens (tertiary/aromatic N) is 2. The molecule has 8 nitrogen and oxygen atoms in total. The maximum atomic E-state index is 10.7. The van der Waals surface area contributed by atoms with Crippen molar-refractivity contribution in [2.75, 3.05) is 14.1 Å². The summed E-state index contributed by atoms with van der Waals surface area (Å²) in [5.74, 6) is -0.931. The molecule has 8 heteroatoms. The second-order valence-corrected chi connectivity index (χ2v) is 4.20. The summed E-state index contributed by atoms with van der Waals surface area (Å²) < 4.78 is 0. The largest absolute Gasteiger partial charge is 0.319 e. The summed E-state index contributed by atoms with van der Waals surface area (Å²) in [5.41, 5.74) is 10.5. The zero-order valence-electron chi connectivity index (χ0n) is 10.3. The molecular weight excluding hydrogens is 252 g/mol. The van der Waals surface area contributed by atoms with Gasteiger partial charge in [0.15, 0.2) is 0 Å². The second kappa shape index (κ2) is 6.39. The van der Waals surface area contributed by atoms with Crippen LogP contribution >= 0.6 is 0 Å². The highest BCUT2D eigenvalue weighted by Gasteiger charge is 2.33. The average Bonchev–Trinajstić information content (AvgIpc) is 2.66. The lowest BCUT2D eigenvalue weighted by Crippen LogP contribution is -2.32. The minimum Gasteiger partial charge on any atom is -0.319 e. The van der Waals surface area contributed by atoms with E-state index in [0.29, 0.717) is 0 Å². The van der Waals surface area contributed by atoms with Crippen LogP contribution in [0.15, 0.2) is 0 Å². The van der Waals surface area contributed by atoms with Crippen LogP contribution in [0.4, 0.5) is 0 Å². The summed E-state index contributed by atoms with van der Waals surface area (Å²) in [6, 6.07) is -1.19. The zero-order valence-corrected chi connectivity index (χ0v) is 10.3. The molecule has 0 saturated carbocycles. The Morgan fingerprint density at radius 2 is 1.11 bits per heavy atom. The van der Waals surface area contributed by atoms with Gasteiger partial charge in [-0.1, -0.05) is 7.43 Å². The van der Waals surface area contributed by atoms with Crippen molar-refractivity contribution < 1.29 is 19.2 Å². The molecule has 4 N–H and O–H groups in total. The third kappa shape index (κ3) is 3.58. The minimum atomic E-state index is -0.595. The van der Waals surface area contributed by atoms with E-state index in [1.807, 2.05) is 0 Å². The van der Waals surface area contributed by atoms with Gasteiger partial charge in [0.05, 0.1) is 24.9 Å². The fourth-order valence-corrected chi connectivity index (χ4v) is 1.57. The first-order valence-corrected chi connectivity index (χ1v) is 5.37. The molecule has 0 unspecified atom stereocenters. The van der Waals surface area contributed by atoms with Gasteiger partial charge >= 0.3 is 0 Å². The number of likely N-dealkylation sites (tertiary alicyclic amines) is 2. The third-order valence-electron chi connectivity index (χ3n) is 2.83. The lowest BCUT2D eigenvalue weighted by atomic mass is 10.3. The topological polar surface area (TPSA) is 127 Å². The van der Waals surface area contributed by atoms with Crippen LogP contribution in [0.3, 0.4) is 0 Å². The van der Waals surface area contributed by atoms with E-state index in [2.05, 4.69) is 0 Å². The van der Waals surface area contributed by atoms with Crippen molar-refractivity contribution in [3.8, 4) is 0 Å². The molecular formula is C11H20N4O4. The Labute approximate surface area is 111 Å². The Bertz CT molecular complexity index is 371. The predicted octanol–water partition coefficient (Wildman–Crippen LogP) is -1.96. The van der Waals surface area contributed by atoms with E-state index < -0.39 is 12.1 Å². The molecule has 0 aromatic carbocycles. The molecule has 2 aliphatic heterocycles. The Balaban J connectivity index is 0.000000324. The molecule has 0 aromatic heterocycles. The highest BCUT2D eigenvalue weighted by Crippen LogP contribution is 2.07. The van der Waals surface area contributed by atoms with Crippen LogP contribution in [0, 0.1) is 0 Å². The lowest BCUT2D eigenvalue weighted by molar-refractivity contribution is -0.138. The number of amides is 4. The van der Waals surface area contributed by atoms with E-state index in [9.17, 15) is 19.2 Å². The smallest absolute Gasteiger partial charge is 0.246 e. The van der Waals surface area contributed by atoms with Gasteiger partial charge in [0.25, 0.3) is 0 Å². The van der Waals surface area contributed by atoms with Crippen LogP contribution in [-0.4, -0.2) is 59.6 Å². The molecule has 2 heterocycles. The van der Waals surface area contributed by atoms with Gasteiger partial charge in [-0.15, -0.1) is 0 Å². The SMILES string of the molecule is C.CN1C(=O)C[C@@H](N)C1=O.CN1C(=O)C[C@H](N)C1=O. The third-order valence-corrected chi connectivity index (χ3v) is 2.83. The minimum absolute atomic E-state index is 0. The maximum Gasteiger partial charge on any atom is 0.246 e. The Hall–Kier alpha value is -1.80. The molecule has 2 saturated heterocycles. The van der Waals surface area contributed by atoms with Crippen molar-refractivity contribution >= 4 is 23.6 Å². The quantitative estimate of drug-likeness (QED) is 0.493. The molecule has 2 fully saturated rings. The summed E-state index contributed by atoms with van der Waals surface area (Å²) >= 11 is 0. The van der Waals surface area contributed by atoms with E-state index in [1.54, 1.807) is 0 Å². The Kier molecular flexibility index (Phi) is 5.79. The second-order valence-electron chi connectivity index (χ2n) is 4.20. The summed E-state index contributed by atoms with van der Waals surface area (Å²) in [4.78, 5) is 44.8. The number of carbonyl (C=O) groups is 4. The van der Waals surface area contributed by atoms with Gasteiger partial charge in [0, 0.05) is 14.1 Å². The molecule has 19 heavy (non-hydrogen) atoms. The van der Waals surface area contributed by atoms with E-state index >= 15 is 0 Å². The number of carbonyl (C=O) groups excluding carboxylic acids is 4. The molecule has 0 radical (unpaired) electrons. The molecule has 108 valence electrons. The predicted molar refractivity (Wildman–Crippen MR) is 67.5 cm³/mol. The molecule has 0 spiro atoms. The molecule has 0 aromatic rings. The fraction of sp³-hybridized carbons (Fsp3) is 0.636. The van der Waals surface area contributed by atoms with E-state index in [-0.39, 0.29) is 43.9 Å². The van der Waals surface area contributed by atoms with Crippen molar-refractivity contribution in [3.63, 3.8) is 0 Å². The van der Waals surface area contributed by atoms with Gasteiger partial charge in [-0.05, 0) is 0 Å². The maximum absolute atomic E-state index is 10.7. The van der Waals surface area contributed by atoms with E-state index in [4.69, 9.17) is 11.5 Å². The summed E-state index contributed by atoms with van der Waals surface area (Å²) in [6.45, 7) is 0. The van der Waals surface area contributed by atoms with Gasteiger partial charge in [-0.2, -0.15) is 0 Å². The first-order chi connectivity index (χ1) is 8.25. The average molecular weight is 272 g/mol. The van der Waals surface area contributed by atoms with E-state index in [1.165, 1.54) is 14.1 Å². The summed E-state index contributed by atoms with van der Waals surface area (Å²) in [6.07, 6.45) is 0.324. The van der Waals surface area contributed by atoms with Crippen LogP contribution < -0.4 is 11.5 Å². The van der Waals surface area contributed by atoms with Gasteiger partial charge in [-0.25, -0.2) is 0 Å². The Morgan fingerprint density at radius 3 is 1.16 bits per heavy atom. The number of hydrogen-bond acceptors (Lipinski definition) is 6. The Morgan fingerprint density at radius 1 is 0.842 bits per heavy atom. The summed E-state index contributed by atoms with van der Waals surface area (Å²) in [5, 5.41) is 0. The first-order valence-electron chi connectivity index (χ1n) is 5.37. The fourth-order valence-electron chi connectivity index (χ4n) is 1.57. The van der Waals surface area contributed by atoms with Crippen LogP contribution in [0.2, 0.25) is 0 Å². The zero-order chi connectivity index (χ0) is 14.0. The van der Waals surface area contributed by atoms with Gasteiger partial charge < -0.3 is 11.5 Å². The van der Waals surface area contributed by atoms with Crippen molar-refractivity contribution in [3.05, 3.63) is 0 Å². The molecule has 2 rings (SSSR count). The number of likely N-dealkylation sites (N-methyl/N-ethyl adjacent to an activating group) is 2. The number of imide groups is 2. The number of rotatable bonds is 0. The van der Waals surface area contributed by atoms with Crippen LogP contribution in [0.5, 0.6) is 0 Å². The van der Waals surface area contributed by atoms with Gasteiger partial charge in [0.1, 0.15) is 0 Å². The van der Waals surface area contributed by atoms with Gasteiger partial charge in [-0.3, -0.25) is 29.0 Å². The van der Waals surface area contributed by atoms with Gasteiger partial charge in [0.2, 0.25) is 23.6 Å². The van der Waals surface area contributed by atoms with Crippen LogP contribution in [-0.2, 0) is 19.2 Å². The first kappa shape index (κ1) is 17.2. The van der Waals surface area contributed by atoms with Crippen molar-refractivity contribution in [1.29, 1.82) is 0 Å². The monoisotopic (exact) mass is 272 g/mol. The standard InChI is InChI=1S/2C5H8N2O2.CH4/c2*1-7-4(8)2-3(6)5(7)9;/h2*3H,2,6H2,1H3;1H4/t2*3-;/m10./s1. The number of hydrogen-bond donors (Lipinski definition) is 2. The van der Waals surface area contributed by atoms with Crippen molar-refractivity contribution in [2.45, 2.75) is 32.4 Å².